The molecule has 0 spiro atoms. The van der Waals surface area contributed by atoms with Crippen LogP contribution in [0.1, 0.15) is 44.1 Å². The van der Waals surface area contributed by atoms with Crippen LogP contribution in [0.25, 0.3) is 0 Å². The molecule has 3 N–H and O–H groups in total. The number of ether oxygens (including phenoxy) is 1. The predicted octanol–water partition coefficient (Wildman–Crippen LogP) is 4.37. The van der Waals surface area contributed by atoms with Gasteiger partial charge in [0.15, 0.2) is 6.61 Å². The zero-order valence-electron chi connectivity index (χ0n) is 18.1. The second kappa shape index (κ2) is 10.4. The fraction of sp³-hybridized carbons (Fsp3) is 0.440. The van der Waals surface area contributed by atoms with Crippen LogP contribution >= 0.6 is 11.6 Å². The van der Waals surface area contributed by atoms with Crippen LogP contribution in [0.4, 0.5) is 5.69 Å². The van der Waals surface area contributed by atoms with E-state index >= 15 is 0 Å². The van der Waals surface area contributed by atoms with Gasteiger partial charge in [-0.1, -0.05) is 42.6 Å². The third-order valence-electron chi connectivity index (χ3n) is 6.17. The zero-order valence-corrected chi connectivity index (χ0v) is 18.9. The van der Waals surface area contributed by atoms with Crippen LogP contribution in [0.2, 0.25) is 5.02 Å². The van der Waals surface area contributed by atoms with E-state index in [-0.39, 0.29) is 36.4 Å². The highest BCUT2D eigenvalue weighted by molar-refractivity contribution is 6.31. The summed E-state index contributed by atoms with van der Waals surface area (Å²) in [4.78, 5) is 27.4. The smallest absolute Gasteiger partial charge is 0.262 e. The first-order chi connectivity index (χ1) is 15.5. The molecule has 2 atom stereocenters. The largest absolute Gasteiger partial charge is 0.484 e. The number of hydrogen-bond donors (Lipinski definition) is 2. The van der Waals surface area contributed by atoms with E-state index in [9.17, 15) is 9.59 Å². The molecule has 2 unspecified atom stereocenters. The first-order valence-electron chi connectivity index (χ1n) is 11.3. The molecule has 7 heteroatoms. The Labute approximate surface area is 194 Å². The molecule has 32 heavy (non-hydrogen) atoms. The van der Waals surface area contributed by atoms with Gasteiger partial charge < -0.3 is 20.7 Å². The molecule has 2 aromatic carbocycles. The standard InChI is InChI=1S/C25H30ClN3O3/c26-21-13-12-19(28-24(30)16-32-20-6-2-1-3-7-20)14-18(21)15-29(25(31)17-10-11-17)23-9-5-4-8-22(23)27/h1-3,6-7,12-14,17,22-23H,4-5,8-11,15-16,27H2,(H,28,30). The monoisotopic (exact) mass is 455 g/mol. The van der Waals surface area contributed by atoms with Crippen LogP contribution in [0.15, 0.2) is 48.5 Å². The molecule has 2 aliphatic carbocycles. The molecule has 0 bridgehead atoms. The molecule has 2 fully saturated rings. The molecule has 2 aliphatic rings. The lowest BCUT2D eigenvalue weighted by atomic mass is 9.89. The molecule has 2 saturated carbocycles. The Hall–Kier alpha value is -2.57. The van der Waals surface area contributed by atoms with E-state index in [0.717, 1.165) is 44.1 Å². The topological polar surface area (TPSA) is 84.7 Å². The molecule has 0 aliphatic heterocycles. The maximum atomic E-state index is 13.1. The Morgan fingerprint density at radius 2 is 1.81 bits per heavy atom. The van der Waals surface area contributed by atoms with Crippen molar-refractivity contribution in [1.82, 2.24) is 4.90 Å². The number of nitrogens with zero attached hydrogens (tertiary/aromatic N) is 1. The number of carbonyl (C=O) groups excluding carboxylic acids is 2. The van der Waals surface area contributed by atoms with Gasteiger partial charge in [-0.25, -0.2) is 0 Å². The number of rotatable bonds is 8. The van der Waals surface area contributed by atoms with Gasteiger partial charge in [0, 0.05) is 35.3 Å². The third kappa shape index (κ3) is 5.81. The maximum absolute atomic E-state index is 13.1. The third-order valence-corrected chi connectivity index (χ3v) is 6.54. The number of carbonyl (C=O) groups is 2. The molecule has 0 saturated heterocycles. The first-order valence-corrected chi connectivity index (χ1v) is 11.7. The van der Waals surface area contributed by atoms with Crippen molar-refractivity contribution in [2.75, 3.05) is 11.9 Å². The van der Waals surface area contributed by atoms with E-state index in [1.54, 1.807) is 24.3 Å². The van der Waals surface area contributed by atoms with E-state index in [1.165, 1.54) is 0 Å². The highest BCUT2D eigenvalue weighted by Crippen LogP contribution is 2.35. The molecule has 2 aromatic rings. The van der Waals surface area contributed by atoms with Gasteiger partial charge in [0.2, 0.25) is 5.91 Å². The van der Waals surface area contributed by atoms with Crippen molar-refractivity contribution in [3.05, 3.63) is 59.1 Å². The Balaban J connectivity index is 1.44. The summed E-state index contributed by atoms with van der Waals surface area (Å²) in [5, 5.41) is 3.43. The second-order valence-electron chi connectivity index (χ2n) is 8.71. The SMILES string of the molecule is NC1CCCCC1N(Cc1cc(NC(=O)COc2ccccc2)ccc1Cl)C(=O)C1CC1. The van der Waals surface area contributed by atoms with Gasteiger partial charge in [0.1, 0.15) is 5.75 Å². The van der Waals surface area contributed by atoms with Gasteiger partial charge in [-0.3, -0.25) is 9.59 Å². The number of halogens is 1. The van der Waals surface area contributed by atoms with E-state index in [2.05, 4.69) is 5.32 Å². The van der Waals surface area contributed by atoms with Crippen LogP contribution in [0.3, 0.4) is 0 Å². The van der Waals surface area contributed by atoms with Crippen molar-refractivity contribution in [2.45, 2.75) is 57.2 Å². The van der Waals surface area contributed by atoms with Gasteiger partial charge in [0.05, 0.1) is 0 Å². The minimum atomic E-state index is -0.262. The Morgan fingerprint density at radius 1 is 1.06 bits per heavy atom. The molecule has 170 valence electrons. The molecule has 0 aromatic heterocycles. The van der Waals surface area contributed by atoms with E-state index in [0.29, 0.717) is 23.0 Å². The van der Waals surface area contributed by atoms with E-state index in [4.69, 9.17) is 22.1 Å². The summed E-state index contributed by atoms with van der Waals surface area (Å²) < 4.78 is 5.51. The fourth-order valence-electron chi connectivity index (χ4n) is 4.27. The van der Waals surface area contributed by atoms with Crippen LogP contribution in [0.5, 0.6) is 5.75 Å². The van der Waals surface area contributed by atoms with E-state index < -0.39 is 0 Å². The lowest BCUT2D eigenvalue weighted by molar-refractivity contribution is -0.136. The number of nitrogens with two attached hydrogens (primary N) is 1. The minimum Gasteiger partial charge on any atom is -0.484 e. The Kier molecular flexibility index (Phi) is 7.33. The van der Waals surface area contributed by atoms with Crippen LogP contribution in [-0.4, -0.2) is 35.4 Å². The number of nitrogens with one attached hydrogen (secondary N) is 1. The van der Waals surface area contributed by atoms with Crippen LogP contribution in [-0.2, 0) is 16.1 Å². The predicted molar refractivity (Wildman–Crippen MR) is 126 cm³/mol. The average molecular weight is 456 g/mol. The van der Waals surface area contributed by atoms with Crippen molar-refractivity contribution in [3.8, 4) is 5.75 Å². The summed E-state index contributed by atoms with van der Waals surface area (Å²) in [7, 11) is 0. The number of hydrogen-bond acceptors (Lipinski definition) is 4. The average Bonchev–Trinajstić information content (AvgIpc) is 3.64. The van der Waals surface area contributed by atoms with Gasteiger partial charge >= 0.3 is 0 Å². The quantitative estimate of drug-likeness (QED) is 0.619. The first kappa shape index (κ1) is 22.6. The lowest BCUT2D eigenvalue weighted by Crippen LogP contribution is -2.52. The highest BCUT2D eigenvalue weighted by Gasteiger charge is 2.38. The molecule has 0 heterocycles. The second-order valence-corrected chi connectivity index (χ2v) is 9.12. The van der Waals surface area contributed by atoms with Crippen molar-refractivity contribution in [1.29, 1.82) is 0 Å². The number of amides is 2. The fourth-order valence-corrected chi connectivity index (χ4v) is 4.45. The van der Waals surface area contributed by atoms with Crippen molar-refractivity contribution < 1.29 is 14.3 Å². The van der Waals surface area contributed by atoms with Gasteiger partial charge in [0.25, 0.3) is 5.91 Å². The van der Waals surface area contributed by atoms with Gasteiger partial charge in [-0.2, -0.15) is 0 Å². The molecule has 4 rings (SSSR count). The molecular formula is C25H30ClN3O3. The summed E-state index contributed by atoms with van der Waals surface area (Å²) in [6, 6.07) is 14.6. The van der Waals surface area contributed by atoms with Crippen molar-refractivity contribution in [3.63, 3.8) is 0 Å². The lowest BCUT2D eigenvalue weighted by Gasteiger charge is -2.39. The number of anilines is 1. The van der Waals surface area contributed by atoms with Crippen LogP contribution < -0.4 is 15.8 Å². The van der Waals surface area contributed by atoms with Crippen molar-refractivity contribution >= 4 is 29.1 Å². The number of benzene rings is 2. The Morgan fingerprint density at radius 3 is 2.53 bits per heavy atom. The van der Waals surface area contributed by atoms with E-state index in [1.807, 2.05) is 29.2 Å². The minimum absolute atomic E-state index is 0.0109. The molecule has 2 amide bonds. The molecular weight excluding hydrogens is 426 g/mol. The summed E-state index contributed by atoms with van der Waals surface area (Å²) >= 11 is 6.49. The summed E-state index contributed by atoms with van der Waals surface area (Å²) in [6.07, 6.45) is 5.94. The Bertz CT molecular complexity index is 949. The zero-order chi connectivity index (χ0) is 22.5. The number of para-hydroxylation sites is 1. The van der Waals surface area contributed by atoms with Gasteiger partial charge in [-0.15, -0.1) is 0 Å². The summed E-state index contributed by atoms with van der Waals surface area (Å²) in [5.74, 6) is 0.662. The normalized spacial score (nSPS) is 20.4. The highest BCUT2D eigenvalue weighted by atomic mass is 35.5. The molecule has 6 nitrogen and oxygen atoms in total. The maximum Gasteiger partial charge on any atom is 0.262 e. The summed E-state index contributed by atoms with van der Waals surface area (Å²) in [6.45, 7) is 0.307. The summed E-state index contributed by atoms with van der Waals surface area (Å²) in [5.41, 5.74) is 7.84. The van der Waals surface area contributed by atoms with Crippen LogP contribution in [0, 0.1) is 5.92 Å². The molecule has 0 radical (unpaired) electrons. The van der Waals surface area contributed by atoms with Crippen molar-refractivity contribution in [2.24, 2.45) is 11.7 Å². The van der Waals surface area contributed by atoms with Gasteiger partial charge in [-0.05, 0) is 61.6 Å².